The van der Waals surface area contributed by atoms with Crippen LogP contribution in [0.25, 0.3) is 0 Å². The predicted octanol–water partition coefficient (Wildman–Crippen LogP) is 5.16. The summed E-state index contributed by atoms with van der Waals surface area (Å²) < 4.78 is 0. The summed E-state index contributed by atoms with van der Waals surface area (Å²) in [6.07, 6.45) is 10.8. The molecule has 1 unspecified atom stereocenters. The lowest BCUT2D eigenvalue weighted by molar-refractivity contribution is 0.473. The van der Waals surface area contributed by atoms with Gasteiger partial charge >= 0.3 is 0 Å². The maximum absolute atomic E-state index is 5.80. The Balaban J connectivity index is 1.91. The average molecular weight is 369 g/mol. The summed E-state index contributed by atoms with van der Waals surface area (Å²) in [5.74, 6) is 0.966. The summed E-state index contributed by atoms with van der Waals surface area (Å²) in [4.78, 5) is 6.58. The Morgan fingerprint density at radius 2 is 2.08 bits per heavy atom. The quantitative estimate of drug-likeness (QED) is 0.448. The van der Waals surface area contributed by atoms with Crippen LogP contribution in [0.2, 0.25) is 0 Å². The second kappa shape index (κ2) is 8.63. The monoisotopic (exact) mass is 368 g/mol. The van der Waals surface area contributed by atoms with E-state index in [-0.39, 0.29) is 5.41 Å². The Morgan fingerprint density at radius 1 is 1.24 bits per heavy atom. The van der Waals surface area contributed by atoms with Gasteiger partial charge in [0, 0.05) is 30.1 Å². The molecule has 1 heterocycles. The van der Waals surface area contributed by atoms with Gasteiger partial charge in [0.15, 0.2) is 0 Å². The summed E-state index contributed by atoms with van der Waals surface area (Å²) in [6, 6.07) is 14.7. The maximum atomic E-state index is 5.80. The van der Waals surface area contributed by atoms with Crippen LogP contribution in [0.15, 0.2) is 71.4 Å². The van der Waals surface area contributed by atoms with Crippen molar-refractivity contribution in [1.29, 1.82) is 0 Å². The number of thiocarbonyl (C=S) groups is 1. The normalized spacial score (nSPS) is 21.9. The molecule has 0 spiro atoms. The molecule has 3 rings (SSSR count). The van der Waals surface area contributed by atoms with Crippen LogP contribution in [0, 0.1) is 0 Å². The molecular weight excluding hydrogens is 344 g/mol. The Labute approximate surface area is 160 Å². The van der Waals surface area contributed by atoms with Crippen LogP contribution in [0.3, 0.4) is 0 Å². The van der Waals surface area contributed by atoms with E-state index in [9.17, 15) is 0 Å². The van der Waals surface area contributed by atoms with Crippen molar-refractivity contribution in [2.45, 2.75) is 36.0 Å². The molecule has 1 N–H and O–H groups in total. The third kappa shape index (κ3) is 3.96. The molecule has 0 amide bonds. The number of likely N-dealkylation sites (N-methyl/N-ethyl adjacent to an activating group) is 1. The highest BCUT2D eigenvalue weighted by Crippen LogP contribution is 2.44. The van der Waals surface area contributed by atoms with E-state index in [4.69, 9.17) is 12.2 Å². The van der Waals surface area contributed by atoms with Gasteiger partial charge in [0.05, 0.1) is 10.4 Å². The molecule has 0 aliphatic heterocycles. The van der Waals surface area contributed by atoms with Gasteiger partial charge in [-0.1, -0.05) is 54.6 Å². The highest BCUT2D eigenvalue weighted by Gasteiger charge is 2.41. The van der Waals surface area contributed by atoms with Gasteiger partial charge in [-0.3, -0.25) is 4.98 Å². The lowest BCUT2D eigenvalue weighted by Gasteiger charge is -2.40. The molecule has 1 atom stereocenters. The van der Waals surface area contributed by atoms with Crippen molar-refractivity contribution >= 4 is 29.0 Å². The molecule has 1 aliphatic carbocycles. The van der Waals surface area contributed by atoms with Gasteiger partial charge in [-0.25, -0.2) is 0 Å². The van der Waals surface area contributed by atoms with Gasteiger partial charge in [-0.15, -0.1) is 11.8 Å². The van der Waals surface area contributed by atoms with E-state index in [0.29, 0.717) is 0 Å². The summed E-state index contributed by atoms with van der Waals surface area (Å²) in [6.45, 7) is 0. The highest BCUT2D eigenvalue weighted by molar-refractivity contribution is 7.99. The molecule has 1 fully saturated rings. The number of nitrogens with one attached hydrogen (secondary N) is 1. The van der Waals surface area contributed by atoms with Gasteiger partial charge in [-0.05, 0) is 43.0 Å². The minimum Gasteiger partial charge on any atom is -0.382 e. The number of hydrogen-bond acceptors (Lipinski definition) is 3. The number of pyridine rings is 1. The molecule has 1 saturated carbocycles. The first-order valence-electron chi connectivity index (χ1n) is 8.77. The van der Waals surface area contributed by atoms with E-state index in [2.05, 4.69) is 52.8 Å². The molecule has 1 aromatic heterocycles. The zero-order valence-corrected chi connectivity index (χ0v) is 16.2. The molecule has 2 aromatic rings. The van der Waals surface area contributed by atoms with E-state index < -0.39 is 0 Å². The number of thioether (sulfide) groups is 1. The minimum absolute atomic E-state index is 0.201. The van der Waals surface area contributed by atoms with Crippen molar-refractivity contribution in [2.24, 2.45) is 0 Å². The molecular formula is C21H24N2S2. The number of hydrogen-bond donors (Lipinski definition) is 1. The summed E-state index contributed by atoms with van der Waals surface area (Å²) in [5, 5.41) is 3.27. The topological polar surface area (TPSA) is 24.9 Å². The Hall–Kier alpha value is -1.65. The second-order valence-corrected chi connectivity index (χ2v) is 7.79. The fourth-order valence-corrected chi connectivity index (χ4v) is 4.84. The number of benzene rings is 1. The van der Waals surface area contributed by atoms with Crippen LogP contribution >= 0.6 is 24.0 Å². The number of rotatable bonds is 5. The summed E-state index contributed by atoms with van der Waals surface area (Å²) >= 11 is 7.68. The van der Waals surface area contributed by atoms with Gasteiger partial charge in [0.1, 0.15) is 0 Å². The maximum Gasteiger partial charge on any atom is 0.0900 e. The predicted molar refractivity (Wildman–Crippen MR) is 111 cm³/mol. The Morgan fingerprint density at radius 3 is 2.80 bits per heavy atom. The van der Waals surface area contributed by atoms with E-state index >= 15 is 0 Å². The SMILES string of the molecule is CNC(=S)C1(c2cccnc2)CCCCC1=CCSc1ccccc1. The lowest BCUT2D eigenvalue weighted by atomic mass is 9.66. The minimum atomic E-state index is -0.201. The summed E-state index contributed by atoms with van der Waals surface area (Å²) in [7, 11) is 1.94. The van der Waals surface area contributed by atoms with E-state index in [1.807, 2.05) is 37.3 Å². The fourth-order valence-electron chi connectivity index (χ4n) is 3.66. The third-order valence-electron chi connectivity index (χ3n) is 4.89. The van der Waals surface area contributed by atoms with Gasteiger partial charge in [0.2, 0.25) is 0 Å². The van der Waals surface area contributed by atoms with E-state index in [0.717, 1.165) is 23.6 Å². The second-order valence-electron chi connectivity index (χ2n) is 6.29. The molecule has 2 nitrogen and oxygen atoms in total. The Kier molecular flexibility index (Phi) is 6.27. The molecule has 0 radical (unpaired) electrons. The summed E-state index contributed by atoms with van der Waals surface area (Å²) in [5.41, 5.74) is 2.45. The van der Waals surface area contributed by atoms with Crippen molar-refractivity contribution < 1.29 is 0 Å². The molecule has 0 bridgehead atoms. The smallest absolute Gasteiger partial charge is 0.0900 e. The van der Waals surface area contributed by atoms with Crippen molar-refractivity contribution in [2.75, 3.05) is 12.8 Å². The van der Waals surface area contributed by atoms with E-state index in [1.54, 1.807) is 0 Å². The fraction of sp³-hybridized carbons (Fsp3) is 0.333. The molecule has 1 aliphatic rings. The van der Waals surface area contributed by atoms with E-state index in [1.165, 1.54) is 28.9 Å². The first kappa shape index (κ1) is 18.2. The third-order valence-corrected chi connectivity index (χ3v) is 6.38. The van der Waals surface area contributed by atoms with Crippen LogP contribution < -0.4 is 5.32 Å². The first-order chi connectivity index (χ1) is 12.3. The van der Waals surface area contributed by atoms with Gasteiger partial charge < -0.3 is 5.32 Å². The molecule has 25 heavy (non-hydrogen) atoms. The largest absolute Gasteiger partial charge is 0.382 e. The van der Waals surface area contributed by atoms with Crippen molar-refractivity contribution in [3.8, 4) is 0 Å². The molecule has 4 heteroatoms. The standard InChI is InChI=1S/C21H24N2S2/c1-22-20(24)21(18-9-7-14-23-16-18)13-6-5-8-17(21)12-15-25-19-10-3-2-4-11-19/h2-4,7,9-12,14,16H,5-6,8,13,15H2,1H3,(H,22,24). The van der Waals surface area contributed by atoms with Crippen LogP contribution in [0.1, 0.15) is 31.2 Å². The van der Waals surface area contributed by atoms with Crippen molar-refractivity contribution in [1.82, 2.24) is 10.3 Å². The van der Waals surface area contributed by atoms with Gasteiger partial charge in [-0.2, -0.15) is 0 Å². The number of nitrogens with zero attached hydrogens (tertiary/aromatic N) is 1. The lowest BCUT2D eigenvalue weighted by Crippen LogP contribution is -2.45. The van der Waals surface area contributed by atoms with Crippen molar-refractivity contribution in [3.05, 3.63) is 72.1 Å². The zero-order valence-electron chi connectivity index (χ0n) is 14.6. The molecule has 130 valence electrons. The Bertz CT molecular complexity index is 728. The first-order valence-corrected chi connectivity index (χ1v) is 10.2. The average Bonchev–Trinajstić information content (AvgIpc) is 2.69. The highest BCUT2D eigenvalue weighted by atomic mass is 32.2. The van der Waals surface area contributed by atoms with Crippen molar-refractivity contribution in [3.63, 3.8) is 0 Å². The van der Waals surface area contributed by atoms with Crippen LogP contribution in [0.5, 0.6) is 0 Å². The number of aromatic nitrogens is 1. The molecule has 1 aromatic carbocycles. The van der Waals surface area contributed by atoms with Crippen LogP contribution in [-0.4, -0.2) is 22.8 Å². The van der Waals surface area contributed by atoms with Crippen LogP contribution in [0.4, 0.5) is 0 Å². The van der Waals surface area contributed by atoms with Crippen LogP contribution in [-0.2, 0) is 5.41 Å². The zero-order chi connectivity index (χ0) is 17.5. The molecule has 0 saturated heterocycles. The van der Waals surface area contributed by atoms with Gasteiger partial charge in [0.25, 0.3) is 0 Å².